The Morgan fingerprint density at radius 1 is 1.40 bits per heavy atom. The van der Waals surface area contributed by atoms with Crippen LogP contribution in [0.4, 0.5) is 0 Å². The molecule has 3 aliphatic carbocycles. The molecule has 0 aliphatic heterocycles. The second-order valence-electron chi connectivity index (χ2n) is 4.73. The summed E-state index contributed by atoms with van der Waals surface area (Å²) in [6.07, 6.45) is 6.52. The summed E-state index contributed by atoms with van der Waals surface area (Å²) in [7, 11) is 0. The largest absolute Gasteiger partial charge is 0.103 e. The molecule has 0 amide bonds. The van der Waals surface area contributed by atoms with Crippen LogP contribution in [0.25, 0.3) is 0 Å². The Hall–Kier alpha value is -0.260. The van der Waals surface area contributed by atoms with E-state index in [4.69, 9.17) is 0 Å². The Kier molecular flexibility index (Phi) is 0.962. The van der Waals surface area contributed by atoms with Crippen LogP contribution in [0.1, 0.15) is 33.1 Å². The highest BCUT2D eigenvalue weighted by atomic mass is 14.7. The zero-order valence-electron chi connectivity index (χ0n) is 6.98. The smallest absolute Gasteiger partial charge is 0.0207 e. The Balaban J connectivity index is 2.04. The van der Waals surface area contributed by atoms with Gasteiger partial charge in [0.1, 0.15) is 0 Å². The third kappa shape index (κ3) is 0.531. The van der Waals surface area contributed by atoms with Gasteiger partial charge in [0, 0.05) is 0 Å². The van der Waals surface area contributed by atoms with Gasteiger partial charge in [-0.05, 0) is 36.0 Å². The van der Waals surface area contributed by atoms with Crippen molar-refractivity contribution in [2.24, 2.45) is 16.7 Å². The first-order valence-electron chi connectivity index (χ1n) is 4.23. The van der Waals surface area contributed by atoms with E-state index in [0.717, 1.165) is 16.7 Å². The van der Waals surface area contributed by atoms with Crippen molar-refractivity contribution >= 4 is 0 Å². The second kappa shape index (κ2) is 1.49. The molecule has 3 aliphatic rings. The molecule has 0 heteroatoms. The average molecular weight is 136 g/mol. The molecule has 3 rings (SSSR count). The van der Waals surface area contributed by atoms with Gasteiger partial charge in [-0.15, -0.1) is 6.58 Å². The van der Waals surface area contributed by atoms with E-state index in [-0.39, 0.29) is 0 Å². The van der Waals surface area contributed by atoms with Crippen LogP contribution >= 0.6 is 0 Å². The fraction of sp³-hybridized carbons (Fsp3) is 0.800. The molecule has 0 saturated heterocycles. The van der Waals surface area contributed by atoms with Gasteiger partial charge in [-0.25, -0.2) is 0 Å². The first-order valence-corrected chi connectivity index (χ1v) is 4.23. The molecular formula is C10H16. The van der Waals surface area contributed by atoms with Gasteiger partial charge in [0.05, 0.1) is 0 Å². The monoisotopic (exact) mass is 136 g/mol. The lowest BCUT2D eigenvalue weighted by molar-refractivity contribution is -0.211. The van der Waals surface area contributed by atoms with Crippen molar-refractivity contribution in [3.8, 4) is 0 Å². The molecule has 0 heterocycles. The normalized spacial score (nSPS) is 52.6. The van der Waals surface area contributed by atoms with Crippen molar-refractivity contribution in [2.45, 2.75) is 33.1 Å². The maximum atomic E-state index is 3.86. The molecule has 0 N–H and O–H groups in total. The van der Waals surface area contributed by atoms with E-state index in [1.165, 1.54) is 19.3 Å². The van der Waals surface area contributed by atoms with Crippen LogP contribution < -0.4 is 0 Å². The number of hydrogen-bond donors (Lipinski definition) is 0. The Labute approximate surface area is 63.3 Å². The van der Waals surface area contributed by atoms with Gasteiger partial charge in [-0.1, -0.05) is 19.9 Å². The molecule has 2 bridgehead atoms. The van der Waals surface area contributed by atoms with Crippen LogP contribution in [-0.2, 0) is 0 Å². The van der Waals surface area contributed by atoms with Gasteiger partial charge in [0.2, 0.25) is 0 Å². The second-order valence-corrected chi connectivity index (χ2v) is 4.73. The van der Waals surface area contributed by atoms with E-state index >= 15 is 0 Å². The molecule has 0 spiro atoms. The molecule has 0 radical (unpaired) electrons. The molecule has 56 valence electrons. The van der Waals surface area contributed by atoms with Gasteiger partial charge < -0.3 is 0 Å². The Morgan fingerprint density at radius 3 is 2.20 bits per heavy atom. The van der Waals surface area contributed by atoms with Crippen LogP contribution in [0.15, 0.2) is 12.7 Å². The van der Waals surface area contributed by atoms with E-state index in [9.17, 15) is 0 Å². The summed E-state index contributed by atoms with van der Waals surface area (Å²) in [4.78, 5) is 0. The van der Waals surface area contributed by atoms with Gasteiger partial charge in [0.15, 0.2) is 0 Å². The summed E-state index contributed by atoms with van der Waals surface area (Å²) in [6, 6.07) is 0. The summed E-state index contributed by atoms with van der Waals surface area (Å²) >= 11 is 0. The van der Waals surface area contributed by atoms with E-state index < -0.39 is 0 Å². The summed E-state index contributed by atoms with van der Waals surface area (Å²) in [5.74, 6) is 0.759. The Morgan fingerprint density at radius 2 is 1.90 bits per heavy atom. The molecule has 3 fully saturated rings. The number of hydrogen-bond acceptors (Lipinski definition) is 0. The number of rotatable bonds is 2. The molecular weight excluding hydrogens is 120 g/mol. The highest BCUT2D eigenvalue weighted by molar-refractivity contribution is 5.18. The fourth-order valence-electron chi connectivity index (χ4n) is 3.13. The molecule has 1 unspecified atom stereocenters. The van der Waals surface area contributed by atoms with Crippen LogP contribution in [0.5, 0.6) is 0 Å². The maximum Gasteiger partial charge on any atom is -0.0207 e. The summed E-state index contributed by atoms with van der Waals surface area (Å²) in [6.45, 7) is 8.57. The van der Waals surface area contributed by atoms with Crippen molar-refractivity contribution in [2.75, 3.05) is 0 Å². The molecule has 0 aromatic rings. The summed E-state index contributed by atoms with van der Waals surface area (Å²) < 4.78 is 0. The van der Waals surface area contributed by atoms with Crippen molar-refractivity contribution in [3.05, 3.63) is 12.7 Å². The van der Waals surface area contributed by atoms with Gasteiger partial charge in [-0.2, -0.15) is 0 Å². The van der Waals surface area contributed by atoms with Crippen LogP contribution in [0, 0.1) is 16.7 Å². The molecule has 3 saturated carbocycles. The minimum Gasteiger partial charge on any atom is -0.103 e. The highest BCUT2D eigenvalue weighted by Crippen LogP contribution is 2.76. The van der Waals surface area contributed by atoms with Crippen molar-refractivity contribution < 1.29 is 0 Å². The van der Waals surface area contributed by atoms with Crippen LogP contribution in [0.3, 0.4) is 0 Å². The maximum absolute atomic E-state index is 3.86. The lowest BCUT2D eigenvalue weighted by atomic mass is 9.33. The SMILES string of the molecule is C=CC(C)C12CC(C)(C1)C2. The highest BCUT2D eigenvalue weighted by Gasteiger charge is 2.65. The quantitative estimate of drug-likeness (QED) is 0.512. The minimum absolute atomic E-state index is 0.719. The molecule has 10 heavy (non-hydrogen) atoms. The zero-order valence-corrected chi connectivity index (χ0v) is 6.98. The third-order valence-electron chi connectivity index (χ3n) is 3.66. The van der Waals surface area contributed by atoms with Crippen molar-refractivity contribution in [3.63, 3.8) is 0 Å². The van der Waals surface area contributed by atoms with E-state index in [0.29, 0.717) is 0 Å². The van der Waals surface area contributed by atoms with Crippen molar-refractivity contribution in [1.29, 1.82) is 0 Å². The molecule has 0 nitrogen and oxygen atoms in total. The van der Waals surface area contributed by atoms with Gasteiger partial charge in [-0.3, -0.25) is 0 Å². The van der Waals surface area contributed by atoms with Crippen LogP contribution in [-0.4, -0.2) is 0 Å². The van der Waals surface area contributed by atoms with E-state index in [1.807, 2.05) is 0 Å². The predicted octanol–water partition coefficient (Wildman–Crippen LogP) is 3.00. The lowest BCUT2D eigenvalue weighted by Gasteiger charge is -2.72. The third-order valence-corrected chi connectivity index (χ3v) is 3.66. The summed E-state index contributed by atoms with van der Waals surface area (Å²) in [5.41, 5.74) is 1.48. The molecule has 1 atom stereocenters. The topological polar surface area (TPSA) is 0 Å². The Bertz CT molecular complexity index is 159. The molecule has 0 aromatic heterocycles. The van der Waals surface area contributed by atoms with Gasteiger partial charge >= 0.3 is 0 Å². The fourth-order valence-corrected chi connectivity index (χ4v) is 3.13. The van der Waals surface area contributed by atoms with E-state index in [2.05, 4.69) is 26.5 Å². The predicted molar refractivity (Wildman–Crippen MR) is 43.8 cm³/mol. The van der Waals surface area contributed by atoms with Crippen molar-refractivity contribution in [1.82, 2.24) is 0 Å². The van der Waals surface area contributed by atoms with Crippen LogP contribution in [0.2, 0.25) is 0 Å². The summed E-state index contributed by atoms with van der Waals surface area (Å²) in [5, 5.41) is 0. The average Bonchev–Trinajstić information content (AvgIpc) is 1.77. The van der Waals surface area contributed by atoms with Gasteiger partial charge in [0.25, 0.3) is 0 Å². The number of allylic oxidation sites excluding steroid dienone is 1. The zero-order chi connectivity index (χ0) is 7.41. The first kappa shape index (κ1) is 6.45. The first-order chi connectivity index (χ1) is 4.60. The standard InChI is InChI=1S/C10H16/c1-4-8(2)10-5-9(3,6-10)7-10/h4,8H,1,5-7H2,2-3H3. The lowest BCUT2D eigenvalue weighted by Crippen LogP contribution is -2.62. The minimum atomic E-state index is 0.719. The van der Waals surface area contributed by atoms with E-state index in [1.54, 1.807) is 0 Å². The molecule has 0 aromatic carbocycles.